The maximum atomic E-state index is 5.97. The van der Waals surface area contributed by atoms with Gasteiger partial charge < -0.3 is 10.1 Å². The normalized spacial score (nSPS) is 16.2. The fourth-order valence-corrected chi connectivity index (χ4v) is 2.62. The topological polar surface area (TPSA) is 48.9 Å². The number of rotatable bonds is 6. The van der Waals surface area contributed by atoms with Crippen LogP contribution in [-0.4, -0.2) is 55.1 Å². The van der Waals surface area contributed by atoms with Gasteiger partial charge in [-0.15, -0.1) is 0 Å². The minimum atomic E-state index is 0.536. The van der Waals surface area contributed by atoms with Crippen LogP contribution in [0.25, 0.3) is 0 Å². The Balaban J connectivity index is 1.65. The maximum absolute atomic E-state index is 5.97. The molecule has 5 nitrogen and oxygen atoms in total. The summed E-state index contributed by atoms with van der Waals surface area (Å²) in [6.07, 6.45) is 1.04. The number of hydrogen-bond donors (Lipinski definition) is 2. The summed E-state index contributed by atoms with van der Waals surface area (Å²) >= 11 is 11.2. The van der Waals surface area contributed by atoms with Gasteiger partial charge >= 0.3 is 0 Å². The molecule has 2 N–H and O–H groups in total. The maximum Gasteiger partial charge on any atom is 0.186 e. The Kier molecular flexibility index (Phi) is 7.74. The van der Waals surface area contributed by atoms with E-state index in [9.17, 15) is 0 Å². The molecule has 1 saturated heterocycles. The molecule has 1 aromatic carbocycles. The van der Waals surface area contributed by atoms with E-state index in [0.717, 1.165) is 57.1 Å². The van der Waals surface area contributed by atoms with Gasteiger partial charge in [-0.05, 0) is 49.8 Å². The third-order valence-corrected chi connectivity index (χ3v) is 4.08. The summed E-state index contributed by atoms with van der Waals surface area (Å²) in [5, 5.41) is 8.68. The van der Waals surface area contributed by atoms with Gasteiger partial charge in [0, 0.05) is 24.7 Å². The van der Waals surface area contributed by atoms with E-state index in [0.29, 0.717) is 10.1 Å². The Labute approximate surface area is 148 Å². The molecule has 0 bridgehead atoms. The summed E-state index contributed by atoms with van der Waals surface area (Å²) in [7, 11) is 0. The van der Waals surface area contributed by atoms with E-state index in [2.05, 4.69) is 20.7 Å². The van der Waals surface area contributed by atoms with Crippen LogP contribution in [0.5, 0.6) is 0 Å². The van der Waals surface area contributed by atoms with Crippen LogP contribution in [0.3, 0.4) is 0 Å². The molecule has 1 aliphatic rings. The van der Waals surface area contributed by atoms with E-state index in [1.54, 1.807) is 0 Å². The van der Waals surface area contributed by atoms with Crippen LogP contribution >= 0.6 is 23.8 Å². The number of ether oxygens (including phenoxy) is 1. The second-order valence-corrected chi connectivity index (χ2v) is 6.23. The summed E-state index contributed by atoms with van der Waals surface area (Å²) < 4.78 is 5.33. The van der Waals surface area contributed by atoms with Gasteiger partial charge in [0.1, 0.15) is 0 Å². The van der Waals surface area contributed by atoms with Crippen molar-refractivity contribution in [2.75, 3.05) is 39.4 Å². The lowest BCUT2D eigenvalue weighted by Crippen LogP contribution is -2.39. The minimum absolute atomic E-state index is 0.536. The van der Waals surface area contributed by atoms with Gasteiger partial charge in [-0.2, -0.15) is 5.10 Å². The molecule has 0 unspecified atom stereocenters. The van der Waals surface area contributed by atoms with Crippen LogP contribution < -0.4 is 10.7 Å². The van der Waals surface area contributed by atoms with Crippen LogP contribution in [-0.2, 0) is 4.74 Å². The standard InChI is InChI=1S/C16H23ClN4OS/c1-13(14-4-2-5-15(17)12-14)19-20-16(23)18-6-3-7-21-8-10-22-11-9-21/h2,4-5,12H,3,6-11H2,1H3,(H2,18,20,23)/b19-13+. The summed E-state index contributed by atoms with van der Waals surface area (Å²) in [6.45, 7) is 7.52. The lowest BCUT2D eigenvalue weighted by molar-refractivity contribution is 0.0376. The predicted octanol–water partition coefficient (Wildman–Crippen LogP) is 2.25. The van der Waals surface area contributed by atoms with Crippen molar-refractivity contribution >= 4 is 34.6 Å². The first kappa shape index (κ1) is 18.1. The molecular formula is C16H23ClN4OS. The van der Waals surface area contributed by atoms with E-state index >= 15 is 0 Å². The quantitative estimate of drug-likeness (QED) is 0.355. The van der Waals surface area contributed by atoms with Gasteiger partial charge in [-0.25, -0.2) is 0 Å². The zero-order valence-corrected chi connectivity index (χ0v) is 14.9. The number of halogens is 1. The smallest absolute Gasteiger partial charge is 0.186 e. The van der Waals surface area contributed by atoms with Crippen molar-refractivity contribution in [2.45, 2.75) is 13.3 Å². The molecule has 23 heavy (non-hydrogen) atoms. The van der Waals surface area contributed by atoms with Crippen molar-refractivity contribution in [2.24, 2.45) is 5.10 Å². The van der Waals surface area contributed by atoms with Gasteiger partial charge in [0.05, 0.1) is 18.9 Å². The van der Waals surface area contributed by atoms with E-state index in [1.807, 2.05) is 31.2 Å². The van der Waals surface area contributed by atoms with E-state index in [4.69, 9.17) is 28.6 Å². The van der Waals surface area contributed by atoms with E-state index in [1.165, 1.54) is 0 Å². The number of hydrogen-bond acceptors (Lipinski definition) is 4. The second-order valence-electron chi connectivity index (χ2n) is 5.38. The van der Waals surface area contributed by atoms with Crippen molar-refractivity contribution in [3.8, 4) is 0 Å². The Morgan fingerprint density at radius 2 is 2.17 bits per heavy atom. The molecule has 1 aliphatic heterocycles. The highest BCUT2D eigenvalue weighted by molar-refractivity contribution is 7.80. The second kappa shape index (κ2) is 9.82. The molecule has 0 atom stereocenters. The SMILES string of the molecule is C/C(=N\NC(=S)NCCCN1CCOCC1)c1cccc(Cl)c1. The first-order chi connectivity index (χ1) is 11.1. The van der Waals surface area contributed by atoms with Crippen molar-refractivity contribution in [3.63, 3.8) is 0 Å². The Morgan fingerprint density at radius 3 is 2.91 bits per heavy atom. The van der Waals surface area contributed by atoms with Crippen LogP contribution in [0.15, 0.2) is 29.4 Å². The number of nitrogens with one attached hydrogen (secondary N) is 2. The third kappa shape index (κ3) is 6.83. The number of hydrazone groups is 1. The number of benzene rings is 1. The van der Waals surface area contributed by atoms with Gasteiger partial charge in [-0.3, -0.25) is 10.3 Å². The number of morpholine rings is 1. The third-order valence-electron chi connectivity index (χ3n) is 3.61. The Morgan fingerprint density at radius 1 is 1.39 bits per heavy atom. The van der Waals surface area contributed by atoms with Crippen molar-refractivity contribution in [1.82, 2.24) is 15.6 Å². The molecule has 126 valence electrons. The summed E-state index contributed by atoms with van der Waals surface area (Å²) in [5.74, 6) is 0. The summed E-state index contributed by atoms with van der Waals surface area (Å²) in [5.41, 5.74) is 4.68. The van der Waals surface area contributed by atoms with E-state index in [-0.39, 0.29) is 0 Å². The number of nitrogens with zero attached hydrogens (tertiary/aromatic N) is 2. The Bertz CT molecular complexity index is 547. The molecular weight excluding hydrogens is 332 g/mol. The molecule has 7 heteroatoms. The fourth-order valence-electron chi connectivity index (χ4n) is 2.28. The molecule has 0 aliphatic carbocycles. The molecule has 0 aromatic heterocycles. The van der Waals surface area contributed by atoms with Gasteiger partial charge in [0.2, 0.25) is 0 Å². The highest BCUT2D eigenvalue weighted by Gasteiger charge is 2.09. The minimum Gasteiger partial charge on any atom is -0.379 e. The van der Waals surface area contributed by atoms with Crippen molar-refractivity contribution < 1.29 is 4.74 Å². The first-order valence-electron chi connectivity index (χ1n) is 7.79. The van der Waals surface area contributed by atoms with Crippen LogP contribution in [0.1, 0.15) is 18.9 Å². The molecule has 0 radical (unpaired) electrons. The van der Waals surface area contributed by atoms with Crippen LogP contribution in [0, 0.1) is 0 Å². The summed E-state index contributed by atoms with van der Waals surface area (Å²) in [6, 6.07) is 7.58. The molecule has 1 heterocycles. The largest absolute Gasteiger partial charge is 0.379 e. The van der Waals surface area contributed by atoms with E-state index < -0.39 is 0 Å². The molecule has 1 aromatic rings. The summed E-state index contributed by atoms with van der Waals surface area (Å²) in [4.78, 5) is 2.41. The lowest BCUT2D eigenvalue weighted by Gasteiger charge is -2.26. The van der Waals surface area contributed by atoms with Crippen molar-refractivity contribution in [3.05, 3.63) is 34.9 Å². The highest BCUT2D eigenvalue weighted by Crippen LogP contribution is 2.11. The average Bonchev–Trinajstić information content (AvgIpc) is 2.57. The molecule has 0 amide bonds. The van der Waals surface area contributed by atoms with Gasteiger partial charge in [-0.1, -0.05) is 23.7 Å². The lowest BCUT2D eigenvalue weighted by atomic mass is 10.1. The zero-order valence-electron chi connectivity index (χ0n) is 13.3. The average molecular weight is 355 g/mol. The molecule has 2 rings (SSSR count). The monoisotopic (exact) mass is 354 g/mol. The molecule has 1 fully saturated rings. The zero-order chi connectivity index (χ0) is 16.5. The molecule has 0 saturated carbocycles. The number of thiocarbonyl (C=S) groups is 1. The Hall–Kier alpha value is -1.21. The highest BCUT2D eigenvalue weighted by atomic mass is 35.5. The van der Waals surface area contributed by atoms with Gasteiger partial charge in [0.15, 0.2) is 5.11 Å². The predicted molar refractivity (Wildman–Crippen MR) is 99.3 cm³/mol. The van der Waals surface area contributed by atoms with Crippen LogP contribution in [0.2, 0.25) is 5.02 Å². The van der Waals surface area contributed by atoms with Gasteiger partial charge in [0.25, 0.3) is 0 Å². The van der Waals surface area contributed by atoms with Crippen molar-refractivity contribution in [1.29, 1.82) is 0 Å². The van der Waals surface area contributed by atoms with Crippen LogP contribution in [0.4, 0.5) is 0 Å². The fraction of sp³-hybridized carbons (Fsp3) is 0.500. The first-order valence-corrected chi connectivity index (χ1v) is 8.58. The molecule has 0 spiro atoms.